The van der Waals surface area contributed by atoms with Crippen LogP contribution in [0.5, 0.6) is 0 Å². The van der Waals surface area contributed by atoms with Crippen LogP contribution >= 0.6 is 0 Å². The summed E-state index contributed by atoms with van der Waals surface area (Å²) in [7, 11) is 0. The van der Waals surface area contributed by atoms with Gasteiger partial charge in [0.05, 0.1) is 11.0 Å². The number of hydrogen-bond donors (Lipinski definition) is 1. The highest BCUT2D eigenvalue weighted by molar-refractivity contribution is 5.77. The van der Waals surface area contributed by atoms with Gasteiger partial charge in [0.2, 0.25) is 5.91 Å². The minimum Gasteiger partial charge on any atom is -0.339 e. The Hall–Kier alpha value is -2.17. The zero-order valence-electron chi connectivity index (χ0n) is 13.7. The van der Waals surface area contributed by atoms with Gasteiger partial charge in [0.25, 0.3) is 5.56 Å². The molecule has 122 valence electrons. The van der Waals surface area contributed by atoms with Crippen LogP contribution in [0.15, 0.2) is 29.1 Å². The lowest BCUT2D eigenvalue weighted by atomic mass is 10.0. The number of para-hydroxylation sites is 2. The first kappa shape index (κ1) is 15.7. The normalized spacial score (nSPS) is 18.0. The van der Waals surface area contributed by atoms with Crippen molar-refractivity contribution in [1.29, 1.82) is 0 Å². The van der Waals surface area contributed by atoms with Crippen LogP contribution in [0.2, 0.25) is 0 Å². The minimum atomic E-state index is -0.196. The second-order valence-corrected chi connectivity index (χ2v) is 6.57. The van der Waals surface area contributed by atoms with Crippen molar-refractivity contribution in [2.75, 3.05) is 6.54 Å². The zero-order chi connectivity index (χ0) is 16.4. The second kappa shape index (κ2) is 6.52. The SMILES string of the molecule is CC(C)C1CCCN1C(=O)CCc1nc2ccccc2[nH]c1=O. The predicted octanol–water partition coefficient (Wildman–Crippen LogP) is 2.50. The summed E-state index contributed by atoms with van der Waals surface area (Å²) in [4.78, 5) is 33.8. The number of benzene rings is 1. The lowest BCUT2D eigenvalue weighted by Crippen LogP contribution is -2.38. The molecule has 3 rings (SSSR count). The van der Waals surface area contributed by atoms with E-state index < -0.39 is 0 Å². The largest absolute Gasteiger partial charge is 0.339 e. The number of rotatable bonds is 4. The summed E-state index contributed by atoms with van der Waals surface area (Å²) in [6.45, 7) is 5.15. The van der Waals surface area contributed by atoms with E-state index in [1.54, 1.807) is 0 Å². The summed E-state index contributed by atoms with van der Waals surface area (Å²) < 4.78 is 0. The van der Waals surface area contributed by atoms with Gasteiger partial charge in [-0.25, -0.2) is 4.98 Å². The molecular weight excluding hydrogens is 290 g/mol. The summed E-state index contributed by atoms with van der Waals surface area (Å²) in [6.07, 6.45) is 2.89. The number of nitrogens with zero attached hydrogens (tertiary/aromatic N) is 2. The van der Waals surface area contributed by atoms with Crippen LogP contribution in [0.3, 0.4) is 0 Å². The summed E-state index contributed by atoms with van der Waals surface area (Å²) in [6, 6.07) is 7.79. The van der Waals surface area contributed by atoms with Crippen molar-refractivity contribution in [3.63, 3.8) is 0 Å². The Morgan fingerprint density at radius 3 is 2.96 bits per heavy atom. The van der Waals surface area contributed by atoms with Crippen LogP contribution in [0, 0.1) is 5.92 Å². The smallest absolute Gasteiger partial charge is 0.270 e. The van der Waals surface area contributed by atoms with Crippen molar-refractivity contribution in [3.8, 4) is 0 Å². The highest BCUT2D eigenvalue weighted by Gasteiger charge is 2.30. The molecule has 1 saturated heterocycles. The monoisotopic (exact) mass is 313 g/mol. The Labute approximate surface area is 135 Å². The van der Waals surface area contributed by atoms with Crippen molar-refractivity contribution in [2.24, 2.45) is 5.92 Å². The van der Waals surface area contributed by atoms with Crippen molar-refractivity contribution < 1.29 is 4.79 Å². The van der Waals surface area contributed by atoms with Crippen molar-refractivity contribution in [3.05, 3.63) is 40.3 Å². The van der Waals surface area contributed by atoms with E-state index in [-0.39, 0.29) is 11.5 Å². The van der Waals surface area contributed by atoms with Gasteiger partial charge in [-0.2, -0.15) is 0 Å². The maximum absolute atomic E-state index is 12.5. The molecule has 1 N–H and O–H groups in total. The average molecular weight is 313 g/mol. The molecule has 2 aromatic rings. The molecule has 23 heavy (non-hydrogen) atoms. The van der Waals surface area contributed by atoms with Crippen LogP contribution in [-0.4, -0.2) is 33.4 Å². The fourth-order valence-electron chi connectivity index (χ4n) is 3.40. The van der Waals surface area contributed by atoms with Gasteiger partial charge >= 0.3 is 0 Å². The van der Waals surface area contributed by atoms with Gasteiger partial charge in [-0.05, 0) is 30.9 Å². The molecule has 1 aliphatic heterocycles. The Kier molecular flexibility index (Phi) is 4.46. The molecular formula is C18H23N3O2. The van der Waals surface area contributed by atoms with Crippen LogP contribution in [0.25, 0.3) is 11.0 Å². The highest BCUT2D eigenvalue weighted by atomic mass is 16.2. The second-order valence-electron chi connectivity index (χ2n) is 6.57. The number of H-pyrrole nitrogens is 1. The Morgan fingerprint density at radius 1 is 1.39 bits per heavy atom. The van der Waals surface area contributed by atoms with Gasteiger partial charge in [-0.15, -0.1) is 0 Å². The molecule has 0 bridgehead atoms. The third-order valence-electron chi connectivity index (χ3n) is 4.63. The maximum atomic E-state index is 12.5. The quantitative estimate of drug-likeness (QED) is 0.943. The molecule has 1 amide bonds. The number of fused-ring (bicyclic) bond motifs is 1. The van der Waals surface area contributed by atoms with Crippen LogP contribution < -0.4 is 5.56 Å². The number of aromatic nitrogens is 2. The number of carbonyl (C=O) groups excluding carboxylic acids is 1. The van der Waals surface area contributed by atoms with E-state index in [9.17, 15) is 9.59 Å². The molecule has 1 atom stereocenters. The van der Waals surface area contributed by atoms with Gasteiger partial charge in [0, 0.05) is 25.4 Å². The van der Waals surface area contributed by atoms with Gasteiger partial charge in [0.1, 0.15) is 5.69 Å². The minimum absolute atomic E-state index is 0.135. The van der Waals surface area contributed by atoms with E-state index in [0.29, 0.717) is 30.5 Å². The first-order valence-corrected chi connectivity index (χ1v) is 8.33. The zero-order valence-corrected chi connectivity index (χ0v) is 13.7. The number of hydrogen-bond acceptors (Lipinski definition) is 3. The van der Waals surface area contributed by atoms with Gasteiger partial charge in [0.15, 0.2) is 0 Å². The molecule has 1 aromatic heterocycles. The lowest BCUT2D eigenvalue weighted by molar-refractivity contribution is -0.132. The van der Waals surface area contributed by atoms with Gasteiger partial charge < -0.3 is 9.88 Å². The van der Waals surface area contributed by atoms with E-state index in [0.717, 1.165) is 30.4 Å². The predicted molar refractivity (Wildman–Crippen MR) is 90.3 cm³/mol. The average Bonchev–Trinajstić information content (AvgIpc) is 3.02. The molecule has 5 heteroatoms. The number of amides is 1. The standard InChI is InChI=1S/C18H23N3O2/c1-12(2)16-8-5-11-21(16)17(22)10-9-15-18(23)20-14-7-4-3-6-13(14)19-15/h3-4,6-7,12,16H,5,8-11H2,1-2H3,(H,20,23). The van der Waals surface area contributed by atoms with E-state index in [4.69, 9.17) is 0 Å². The summed E-state index contributed by atoms with van der Waals surface area (Å²) >= 11 is 0. The summed E-state index contributed by atoms with van der Waals surface area (Å²) in [5.74, 6) is 0.610. The van der Waals surface area contributed by atoms with Crippen molar-refractivity contribution in [1.82, 2.24) is 14.9 Å². The van der Waals surface area contributed by atoms with Crippen LogP contribution in [0.4, 0.5) is 0 Å². The Morgan fingerprint density at radius 2 is 2.17 bits per heavy atom. The molecule has 5 nitrogen and oxygen atoms in total. The number of nitrogens with one attached hydrogen (secondary N) is 1. The fraction of sp³-hybridized carbons (Fsp3) is 0.500. The number of aryl methyl sites for hydroxylation is 1. The van der Waals surface area contributed by atoms with Crippen molar-refractivity contribution in [2.45, 2.75) is 45.6 Å². The first-order chi connectivity index (χ1) is 11.1. The lowest BCUT2D eigenvalue weighted by Gasteiger charge is -2.27. The van der Waals surface area contributed by atoms with E-state index in [1.807, 2.05) is 29.2 Å². The molecule has 0 radical (unpaired) electrons. The third-order valence-corrected chi connectivity index (χ3v) is 4.63. The molecule has 1 aliphatic rings. The first-order valence-electron chi connectivity index (χ1n) is 8.33. The molecule has 0 aliphatic carbocycles. The van der Waals surface area contributed by atoms with E-state index >= 15 is 0 Å². The Balaban J connectivity index is 1.72. The molecule has 2 heterocycles. The van der Waals surface area contributed by atoms with E-state index in [1.165, 1.54) is 0 Å². The topological polar surface area (TPSA) is 66.1 Å². The maximum Gasteiger partial charge on any atom is 0.270 e. The van der Waals surface area contributed by atoms with Crippen LogP contribution in [-0.2, 0) is 11.2 Å². The van der Waals surface area contributed by atoms with Gasteiger partial charge in [-0.3, -0.25) is 9.59 Å². The van der Waals surface area contributed by atoms with E-state index in [2.05, 4.69) is 23.8 Å². The molecule has 0 spiro atoms. The third kappa shape index (κ3) is 3.28. The van der Waals surface area contributed by atoms with Gasteiger partial charge in [-0.1, -0.05) is 26.0 Å². The fourth-order valence-corrected chi connectivity index (χ4v) is 3.40. The number of carbonyl (C=O) groups is 1. The molecule has 1 aromatic carbocycles. The molecule has 0 saturated carbocycles. The number of likely N-dealkylation sites (tertiary alicyclic amines) is 1. The Bertz CT molecular complexity index is 766. The summed E-state index contributed by atoms with van der Waals surface area (Å²) in [5.41, 5.74) is 1.73. The molecule has 1 unspecified atom stereocenters. The van der Waals surface area contributed by atoms with Crippen LogP contribution in [0.1, 0.15) is 38.8 Å². The van der Waals surface area contributed by atoms with Crippen molar-refractivity contribution >= 4 is 16.9 Å². The highest BCUT2D eigenvalue weighted by Crippen LogP contribution is 2.24. The molecule has 1 fully saturated rings. The summed E-state index contributed by atoms with van der Waals surface area (Å²) in [5, 5.41) is 0. The number of aromatic amines is 1.